The predicted molar refractivity (Wildman–Crippen MR) is 163 cm³/mol. The van der Waals surface area contributed by atoms with Gasteiger partial charge >= 0.3 is 0 Å². The Bertz CT molecular complexity index is 605. The molecule has 0 aliphatic heterocycles. The monoisotopic (exact) mass is 570 g/mol. The topological polar surface area (TPSA) is 16.6 Å². The van der Waals surface area contributed by atoms with Gasteiger partial charge in [0.1, 0.15) is 5.54 Å². The molecule has 0 amide bonds. The molecule has 1 nitrogen and oxygen atoms in total. The van der Waals surface area contributed by atoms with E-state index in [1.807, 2.05) is 0 Å². The minimum Gasteiger partial charge on any atom is -1.00 e. The molecule has 1 unspecified atom stereocenters. The molecule has 1 aromatic carbocycles. The summed E-state index contributed by atoms with van der Waals surface area (Å²) in [4.78, 5) is 0. The summed E-state index contributed by atoms with van der Waals surface area (Å²) >= 11 is 0. The quantitative estimate of drug-likeness (QED) is 0.156. The molecular formula is C35H66Cl2N-. The molecule has 226 valence electrons. The van der Waals surface area contributed by atoms with E-state index in [9.17, 15) is 0 Å². The van der Waals surface area contributed by atoms with E-state index >= 15 is 0 Å². The fourth-order valence-electron chi connectivity index (χ4n) is 5.87. The Hall–Kier alpha value is -0.240. The third-order valence-electron chi connectivity index (χ3n) is 8.62. The predicted octanol–water partition coefficient (Wildman–Crippen LogP) is 4.66. The van der Waals surface area contributed by atoms with E-state index in [1.165, 1.54) is 154 Å². The van der Waals surface area contributed by atoms with Crippen molar-refractivity contribution in [2.24, 2.45) is 0 Å². The highest BCUT2D eigenvalue weighted by atomic mass is 35.5. The van der Waals surface area contributed by atoms with Crippen molar-refractivity contribution in [3.8, 4) is 0 Å². The molecule has 0 saturated carbocycles. The van der Waals surface area contributed by atoms with Gasteiger partial charge in [-0.25, -0.2) is 0 Å². The number of aryl methyl sites for hydroxylation is 1. The lowest BCUT2D eigenvalue weighted by molar-refractivity contribution is -0.710. The minimum absolute atomic E-state index is 0. The number of rotatable bonds is 26. The molecule has 0 radical (unpaired) electrons. The maximum Gasteiger partial charge on any atom is 0.119 e. The summed E-state index contributed by atoms with van der Waals surface area (Å²) in [5.74, 6) is 0. The molecular weight excluding hydrogens is 505 g/mol. The first-order valence-electron chi connectivity index (χ1n) is 16.6. The largest absolute Gasteiger partial charge is 1.00 e. The van der Waals surface area contributed by atoms with Crippen LogP contribution in [0.4, 0.5) is 0 Å². The lowest BCUT2D eigenvalue weighted by Crippen LogP contribution is -3.00. The third kappa shape index (κ3) is 19.8. The van der Waals surface area contributed by atoms with Crippen LogP contribution in [0.2, 0.25) is 0 Å². The van der Waals surface area contributed by atoms with Crippen LogP contribution in [0.15, 0.2) is 24.3 Å². The second-order valence-corrected chi connectivity index (χ2v) is 11.9. The Balaban J connectivity index is 0. The Labute approximate surface area is 252 Å². The van der Waals surface area contributed by atoms with E-state index in [0.717, 1.165) is 0 Å². The van der Waals surface area contributed by atoms with Crippen molar-refractivity contribution in [2.45, 2.75) is 180 Å². The van der Waals surface area contributed by atoms with Gasteiger partial charge in [-0.15, -0.1) is 0 Å². The summed E-state index contributed by atoms with van der Waals surface area (Å²) in [6.45, 7) is 7.10. The highest BCUT2D eigenvalue weighted by Gasteiger charge is 2.30. The van der Waals surface area contributed by atoms with Crippen molar-refractivity contribution in [2.75, 3.05) is 7.05 Å². The maximum absolute atomic E-state index is 2.49. The average Bonchev–Trinajstić information content (AvgIpc) is 2.90. The number of hydrogen-bond donors (Lipinski definition) is 1. The van der Waals surface area contributed by atoms with Crippen LogP contribution in [0, 0.1) is 0 Å². The van der Waals surface area contributed by atoms with Crippen LogP contribution >= 0.6 is 0 Å². The van der Waals surface area contributed by atoms with Gasteiger partial charge in [-0.05, 0) is 31.7 Å². The van der Waals surface area contributed by atoms with Gasteiger partial charge in [0.05, 0.1) is 7.05 Å². The number of halogens is 2. The van der Waals surface area contributed by atoms with Gasteiger partial charge in [-0.2, -0.15) is 0 Å². The lowest BCUT2D eigenvalue weighted by Gasteiger charge is -2.29. The van der Waals surface area contributed by atoms with Crippen molar-refractivity contribution >= 4 is 0 Å². The molecule has 38 heavy (non-hydrogen) atoms. The first-order valence-corrected chi connectivity index (χ1v) is 16.6. The van der Waals surface area contributed by atoms with Crippen LogP contribution in [-0.2, 0) is 12.0 Å². The van der Waals surface area contributed by atoms with Crippen molar-refractivity contribution in [3.05, 3.63) is 35.4 Å². The van der Waals surface area contributed by atoms with Gasteiger partial charge in [0.15, 0.2) is 0 Å². The lowest BCUT2D eigenvalue weighted by atomic mass is 9.82. The van der Waals surface area contributed by atoms with Gasteiger partial charge in [0.25, 0.3) is 0 Å². The molecule has 0 bridgehead atoms. The minimum atomic E-state index is 0. The number of unbranched alkanes of at least 4 members (excludes halogenated alkanes) is 20. The Kier molecular flexibility index (Phi) is 29.7. The molecule has 0 fully saturated rings. The van der Waals surface area contributed by atoms with Crippen LogP contribution in [0.25, 0.3) is 0 Å². The van der Waals surface area contributed by atoms with Gasteiger partial charge < -0.3 is 30.1 Å². The van der Waals surface area contributed by atoms with E-state index in [-0.39, 0.29) is 30.4 Å². The molecule has 0 spiro atoms. The number of nitrogens with two attached hydrogens (primary N) is 1. The molecule has 0 saturated heterocycles. The third-order valence-corrected chi connectivity index (χ3v) is 8.62. The van der Waals surface area contributed by atoms with E-state index in [2.05, 4.69) is 57.4 Å². The van der Waals surface area contributed by atoms with Crippen LogP contribution < -0.4 is 30.1 Å². The van der Waals surface area contributed by atoms with Gasteiger partial charge in [0.2, 0.25) is 0 Å². The van der Waals surface area contributed by atoms with Crippen molar-refractivity contribution < 1.29 is 30.1 Å². The summed E-state index contributed by atoms with van der Waals surface area (Å²) in [7, 11) is 2.29. The first kappa shape index (κ1) is 39.9. The Morgan fingerprint density at radius 3 is 1.32 bits per heavy atom. The zero-order valence-electron chi connectivity index (χ0n) is 26.1. The molecule has 1 rings (SSSR count). The van der Waals surface area contributed by atoms with Crippen molar-refractivity contribution in [1.29, 1.82) is 0 Å². The number of benzene rings is 1. The molecule has 3 heteroatoms. The van der Waals surface area contributed by atoms with Crippen LogP contribution in [0.5, 0.6) is 0 Å². The van der Waals surface area contributed by atoms with Crippen LogP contribution in [0.1, 0.15) is 180 Å². The van der Waals surface area contributed by atoms with Gasteiger partial charge in [-0.3, -0.25) is 0 Å². The molecule has 0 aromatic heterocycles. The molecule has 0 aliphatic carbocycles. The van der Waals surface area contributed by atoms with E-state index in [0.29, 0.717) is 0 Å². The Morgan fingerprint density at radius 2 is 0.895 bits per heavy atom. The summed E-state index contributed by atoms with van der Waals surface area (Å²) in [6, 6.07) is 9.36. The van der Waals surface area contributed by atoms with E-state index in [1.54, 1.807) is 11.1 Å². The molecule has 0 aliphatic rings. The summed E-state index contributed by atoms with van der Waals surface area (Å²) in [6.07, 6.45) is 33.9. The molecule has 2 N–H and O–H groups in total. The number of quaternary nitrogens is 1. The fourth-order valence-corrected chi connectivity index (χ4v) is 5.87. The van der Waals surface area contributed by atoms with Gasteiger partial charge in [-0.1, -0.05) is 167 Å². The smallest absolute Gasteiger partial charge is 0.119 e. The standard InChI is InChI=1S/C35H65N.2ClH/c1-5-7-9-11-13-15-17-18-20-22-24-28-32-35(3,36-4)34-31-27-26-30-33(34)29-25-23-21-19-16-14-12-10-8-6-2;;/h26-27,30-31,36H,5-25,28-29,32H2,1-4H3;2*1H/p-1. The van der Waals surface area contributed by atoms with E-state index in [4.69, 9.17) is 0 Å². The summed E-state index contributed by atoms with van der Waals surface area (Å²) in [5, 5.41) is 2.49. The van der Waals surface area contributed by atoms with Gasteiger partial charge in [0, 0.05) is 12.0 Å². The SMILES string of the molecule is CCCCCCCCCCCCCCC(C)([NH2+]C)c1ccccc1CCCCCCCCCCCC.[Cl-].[Cl-]. The zero-order chi connectivity index (χ0) is 26.2. The number of hydrogen-bond acceptors (Lipinski definition) is 0. The average molecular weight is 572 g/mol. The normalized spacial score (nSPS) is 12.5. The fraction of sp³-hybridized carbons (Fsp3) is 0.829. The Morgan fingerprint density at radius 1 is 0.526 bits per heavy atom. The van der Waals surface area contributed by atoms with Crippen molar-refractivity contribution in [1.82, 2.24) is 0 Å². The molecule has 1 aromatic rings. The van der Waals surface area contributed by atoms with E-state index < -0.39 is 0 Å². The molecule has 1 atom stereocenters. The second kappa shape index (κ2) is 28.3. The highest BCUT2D eigenvalue weighted by Crippen LogP contribution is 2.28. The second-order valence-electron chi connectivity index (χ2n) is 11.9. The van der Waals surface area contributed by atoms with Crippen molar-refractivity contribution in [3.63, 3.8) is 0 Å². The van der Waals surface area contributed by atoms with Crippen LogP contribution in [0.3, 0.4) is 0 Å². The summed E-state index contributed by atoms with van der Waals surface area (Å²) in [5.41, 5.74) is 3.44. The van der Waals surface area contributed by atoms with Crippen LogP contribution in [-0.4, -0.2) is 7.05 Å². The summed E-state index contributed by atoms with van der Waals surface area (Å²) < 4.78 is 0. The first-order chi connectivity index (χ1) is 17.7. The molecule has 0 heterocycles. The maximum atomic E-state index is 2.49. The highest BCUT2D eigenvalue weighted by molar-refractivity contribution is 5.31. The zero-order valence-corrected chi connectivity index (χ0v) is 27.6.